The van der Waals surface area contributed by atoms with Gasteiger partial charge in [-0.25, -0.2) is 4.98 Å². The predicted molar refractivity (Wildman–Crippen MR) is 73.8 cm³/mol. The first-order chi connectivity index (χ1) is 8.56. The number of rotatable bonds is 4. The molecule has 0 bridgehead atoms. The van der Waals surface area contributed by atoms with E-state index in [1.165, 1.54) is 17.7 Å². The molecule has 1 saturated heterocycles. The molecule has 1 atom stereocenters. The van der Waals surface area contributed by atoms with Crippen molar-refractivity contribution >= 4 is 17.2 Å². The number of carbonyl (C=O) groups excluding carboxylic acids is 1. The number of thiazole rings is 1. The summed E-state index contributed by atoms with van der Waals surface area (Å²) in [5.74, 6) is 0.106. The maximum Gasteiger partial charge on any atom is 0.234 e. The molecule has 0 aromatic carbocycles. The Hall–Kier alpha value is -0.940. The Labute approximate surface area is 112 Å². The van der Waals surface area contributed by atoms with Crippen LogP contribution in [-0.4, -0.2) is 35.4 Å². The van der Waals surface area contributed by atoms with Crippen molar-refractivity contribution < 1.29 is 4.79 Å². The van der Waals surface area contributed by atoms with E-state index >= 15 is 0 Å². The Morgan fingerprint density at radius 3 is 2.67 bits per heavy atom. The fourth-order valence-electron chi connectivity index (χ4n) is 2.45. The van der Waals surface area contributed by atoms with Gasteiger partial charge < -0.3 is 5.32 Å². The molecule has 100 valence electrons. The average molecular weight is 267 g/mol. The predicted octanol–water partition coefficient (Wildman–Crippen LogP) is 2.03. The maximum atomic E-state index is 11.9. The minimum absolute atomic E-state index is 0.00468. The highest BCUT2D eigenvalue weighted by Gasteiger charge is 2.19. The molecule has 1 amide bonds. The summed E-state index contributed by atoms with van der Waals surface area (Å²) < 4.78 is 0. The van der Waals surface area contributed by atoms with Gasteiger partial charge >= 0.3 is 0 Å². The molecule has 0 spiro atoms. The van der Waals surface area contributed by atoms with Crippen molar-refractivity contribution in [3.8, 4) is 0 Å². The summed E-state index contributed by atoms with van der Waals surface area (Å²) in [5.41, 5.74) is 1.01. The molecule has 0 aliphatic carbocycles. The fraction of sp³-hybridized carbons (Fsp3) is 0.692. The van der Waals surface area contributed by atoms with Crippen molar-refractivity contribution in [2.75, 3.05) is 19.6 Å². The van der Waals surface area contributed by atoms with Crippen LogP contribution in [0.4, 0.5) is 0 Å². The summed E-state index contributed by atoms with van der Waals surface area (Å²) in [4.78, 5) is 19.8. The number of nitrogens with zero attached hydrogens (tertiary/aromatic N) is 2. The van der Waals surface area contributed by atoms with E-state index in [2.05, 4.69) is 22.1 Å². The maximum absolute atomic E-state index is 11.9. The molecule has 4 nitrogen and oxygen atoms in total. The van der Waals surface area contributed by atoms with E-state index in [9.17, 15) is 4.79 Å². The number of nitrogens with one attached hydrogen (secondary N) is 1. The number of aromatic nitrogens is 1. The second-order valence-corrected chi connectivity index (χ2v) is 6.35. The highest BCUT2D eigenvalue weighted by molar-refractivity contribution is 7.11. The van der Waals surface area contributed by atoms with Gasteiger partial charge in [-0.2, -0.15) is 0 Å². The van der Waals surface area contributed by atoms with E-state index in [-0.39, 0.29) is 11.9 Å². The standard InChI is InChI=1S/C13H21N3OS/c1-9(13-10(2)18-11(3)15-13)14-12(17)8-16-6-4-5-7-16/h9H,4-8H2,1-3H3,(H,14,17)/t9-/m0/s1. The zero-order valence-corrected chi connectivity index (χ0v) is 12.1. The van der Waals surface area contributed by atoms with Gasteiger partial charge in [-0.3, -0.25) is 9.69 Å². The summed E-state index contributed by atoms with van der Waals surface area (Å²) in [6, 6.07) is 0.00468. The lowest BCUT2D eigenvalue weighted by Crippen LogP contribution is -2.37. The lowest BCUT2D eigenvalue weighted by molar-refractivity contribution is -0.122. The van der Waals surface area contributed by atoms with E-state index in [0.29, 0.717) is 6.54 Å². The van der Waals surface area contributed by atoms with Gasteiger partial charge in [0.05, 0.1) is 23.3 Å². The first-order valence-corrected chi connectivity index (χ1v) is 7.33. The van der Waals surface area contributed by atoms with Crippen LogP contribution in [0, 0.1) is 13.8 Å². The number of hydrogen-bond donors (Lipinski definition) is 1. The van der Waals surface area contributed by atoms with Crippen molar-refractivity contribution in [3.05, 3.63) is 15.6 Å². The van der Waals surface area contributed by atoms with E-state index in [0.717, 1.165) is 23.8 Å². The molecule has 1 aliphatic heterocycles. The van der Waals surface area contributed by atoms with Crippen LogP contribution in [0.5, 0.6) is 0 Å². The Kier molecular flexibility index (Phi) is 4.35. The minimum atomic E-state index is 0.00468. The Morgan fingerprint density at radius 2 is 2.11 bits per heavy atom. The topological polar surface area (TPSA) is 45.2 Å². The van der Waals surface area contributed by atoms with Crippen LogP contribution >= 0.6 is 11.3 Å². The van der Waals surface area contributed by atoms with Gasteiger partial charge in [0.15, 0.2) is 0 Å². The third-order valence-corrected chi connectivity index (χ3v) is 4.19. The molecule has 5 heteroatoms. The Balaban J connectivity index is 1.88. The van der Waals surface area contributed by atoms with Crippen molar-refractivity contribution in [3.63, 3.8) is 0 Å². The number of amides is 1. The van der Waals surface area contributed by atoms with Crippen molar-refractivity contribution in [2.45, 2.75) is 39.7 Å². The molecular weight excluding hydrogens is 246 g/mol. The van der Waals surface area contributed by atoms with Crippen molar-refractivity contribution in [2.24, 2.45) is 0 Å². The largest absolute Gasteiger partial charge is 0.347 e. The van der Waals surface area contributed by atoms with E-state index < -0.39 is 0 Å². The van der Waals surface area contributed by atoms with Crippen molar-refractivity contribution in [1.29, 1.82) is 0 Å². The van der Waals surface area contributed by atoms with Crippen LogP contribution in [0.2, 0.25) is 0 Å². The normalized spacial score (nSPS) is 17.9. The quantitative estimate of drug-likeness (QED) is 0.908. The Bertz CT molecular complexity index is 424. The van der Waals surface area contributed by atoms with Gasteiger partial charge in [-0.05, 0) is 46.7 Å². The molecule has 0 radical (unpaired) electrons. The van der Waals surface area contributed by atoms with Crippen molar-refractivity contribution in [1.82, 2.24) is 15.2 Å². The van der Waals surface area contributed by atoms with E-state index in [1.54, 1.807) is 11.3 Å². The van der Waals surface area contributed by atoms with Gasteiger partial charge in [0.1, 0.15) is 0 Å². The SMILES string of the molecule is Cc1nc([C@H](C)NC(=O)CN2CCCC2)c(C)s1. The highest BCUT2D eigenvalue weighted by Crippen LogP contribution is 2.22. The van der Waals surface area contributed by atoms with Crippen LogP contribution in [0.3, 0.4) is 0 Å². The zero-order valence-electron chi connectivity index (χ0n) is 11.3. The first kappa shape index (κ1) is 13.5. The van der Waals surface area contributed by atoms with E-state index in [1.807, 2.05) is 13.8 Å². The van der Waals surface area contributed by atoms with Gasteiger partial charge in [-0.1, -0.05) is 0 Å². The van der Waals surface area contributed by atoms with Gasteiger partial charge in [0, 0.05) is 4.88 Å². The average Bonchev–Trinajstić information content (AvgIpc) is 2.88. The highest BCUT2D eigenvalue weighted by atomic mass is 32.1. The molecule has 1 aliphatic rings. The molecule has 1 aromatic rings. The fourth-order valence-corrected chi connectivity index (χ4v) is 3.36. The number of likely N-dealkylation sites (tertiary alicyclic amines) is 1. The van der Waals surface area contributed by atoms with Crippen LogP contribution in [0.1, 0.15) is 41.4 Å². The molecule has 1 fully saturated rings. The second kappa shape index (κ2) is 5.80. The first-order valence-electron chi connectivity index (χ1n) is 6.52. The minimum Gasteiger partial charge on any atom is -0.347 e. The number of aryl methyl sites for hydroxylation is 2. The van der Waals surface area contributed by atoms with Crippen LogP contribution < -0.4 is 5.32 Å². The third-order valence-electron chi connectivity index (χ3n) is 3.29. The lowest BCUT2D eigenvalue weighted by Gasteiger charge is -2.17. The molecule has 0 saturated carbocycles. The molecule has 2 heterocycles. The molecule has 2 rings (SSSR count). The summed E-state index contributed by atoms with van der Waals surface area (Å²) in [6.07, 6.45) is 2.43. The smallest absolute Gasteiger partial charge is 0.234 e. The zero-order chi connectivity index (χ0) is 13.1. The molecule has 18 heavy (non-hydrogen) atoms. The monoisotopic (exact) mass is 267 g/mol. The van der Waals surface area contributed by atoms with Gasteiger partial charge in [0.25, 0.3) is 0 Å². The Morgan fingerprint density at radius 1 is 1.44 bits per heavy atom. The summed E-state index contributed by atoms with van der Waals surface area (Å²) in [7, 11) is 0. The molecule has 1 N–H and O–H groups in total. The summed E-state index contributed by atoms with van der Waals surface area (Å²) >= 11 is 1.68. The molecular formula is C13H21N3OS. The third kappa shape index (κ3) is 3.29. The van der Waals surface area contributed by atoms with Crippen LogP contribution in [0.15, 0.2) is 0 Å². The molecule has 1 aromatic heterocycles. The molecule has 0 unspecified atom stereocenters. The summed E-state index contributed by atoms with van der Waals surface area (Å²) in [5, 5.41) is 4.10. The second-order valence-electron chi connectivity index (χ2n) is 4.95. The number of carbonyl (C=O) groups is 1. The van der Waals surface area contributed by atoms with Crippen LogP contribution in [-0.2, 0) is 4.79 Å². The lowest BCUT2D eigenvalue weighted by atomic mass is 10.2. The van der Waals surface area contributed by atoms with Gasteiger partial charge in [-0.15, -0.1) is 11.3 Å². The summed E-state index contributed by atoms with van der Waals surface area (Å²) in [6.45, 7) is 8.69. The van der Waals surface area contributed by atoms with Crippen LogP contribution in [0.25, 0.3) is 0 Å². The van der Waals surface area contributed by atoms with E-state index in [4.69, 9.17) is 0 Å². The number of hydrogen-bond acceptors (Lipinski definition) is 4. The van der Waals surface area contributed by atoms with Gasteiger partial charge in [0.2, 0.25) is 5.91 Å².